The van der Waals surface area contributed by atoms with Crippen molar-refractivity contribution in [2.75, 3.05) is 36.0 Å². The lowest BCUT2D eigenvalue weighted by Gasteiger charge is -2.40. The van der Waals surface area contributed by atoms with Crippen molar-refractivity contribution >= 4 is 23.3 Å². The molecule has 1 atom stereocenters. The molecule has 0 bridgehead atoms. The second-order valence-electron chi connectivity index (χ2n) is 7.80. The first-order chi connectivity index (χ1) is 12.6. The Morgan fingerprint density at radius 3 is 2.77 bits per heavy atom. The number of hydrogen-bond donors (Lipinski definition) is 2. The number of carbonyl (C=O) groups is 2. The van der Waals surface area contributed by atoms with Crippen molar-refractivity contribution in [1.29, 1.82) is 0 Å². The van der Waals surface area contributed by atoms with Crippen molar-refractivity contribution in [2.45, 2.75) is 44.6 Å². The van der Waals surface area contributed by atoms with E-state index in [0.29, 0.717) is 18.2 Å². The number of benzene rings is 1. The van der Waals surface area contributed by atoms with E-state index < -0.39 is 6.09 Å². The molecule has 0 spiro atoms. The highest BCUT2D eigenvalue weighted by Gasteiger charge is 2.30. The SMILES string of the molecule is O=C1Cc2ccc(N3CCNC(C4CCCCC4)C3)cc2N(C(=O)O)C1. The molecule has 140 valence electrons. The van der Waals surface area contributed by atoms with Crippen LogP contribution in [0, 0.1) is 5.92 Å². The van der Waals surface area contributed by atoms with E-state index in [4.69, 9.17) is 0 Å². The zero-order valence-corrected chi connectivity index (χ0v) is 15.1. The number of piperazine rings is 1. The summed E-state index contributed by atoms with van der Waals surface area (Å²) in [5.41, 5.74) is 2.54. The predicted octanol–water partition coefficient (Wildman–Crippen LogP) is 2.65. The highest BCUT2D eigenvalue weighted by molar-refractivity contribution is 6.00. The number of hydrogen-bond acceptors (Lipinski definition) is 4. The molecule has 0 radical (unpaired) electrons. The van der Waals surface area contributed by atoms with Crippen molar-refractivity contribution < 1.29 is 14.7 Å². The first-order valence-corrected chi connectivity index (χ1v) is 9.75. The summed E-state index contributed by atoms with van der Waals surface area (Å²) in [6, 6.07) is 6.44. The quantitative estimate of drug-likeness (QED) is 0.851. The van der Waals surface area contributed by atoms with Crippen molar-refractivity contribution in [3.05, 3.63) is 23.8 Å². The van der Waals surface area contributed by atoms with Crippen LogP contribution in [-0.2, 0) is 11.2 Å². The standard InChI is InChI=1S/C20H27N3O3/c24-17-10-15-6-7-16(11-19(15)23(12-17)20(25)26)22-9-8-21-18(13-22)14-4-2-1-3-5-14/h6-7,11,14,18,21H,1-5,8-10,12-13H2,(H,25,26). The molecule has 6 nitrogen and oxygen atoms in total. The van der Waals surface area contributed by atoms with Crippen LogP contribution >= 0.6 is 0 Å². The zero-order chi connectivity index (χ0) is 18.1. The van der Waals surface area contributed by atoms with Gasteiger partial charge in [-0.1, -0.05) is 25.3 Å². The van der Waals surface area contributed by atoms with Gasteiger partial charge >= 0.3 is 6.09 Å². The van der Waals surface area contributed by atoms with Crippen LogP contribution in [-0.4, -0.2) is 49.2 Å². The molecule has 6 heteroatoms. The van der Waals surface area contributed by atoms with Crippen LogP contribution < -0.4 is 15.1 Å². The largest absolute Gasteiger partial charge is 0.465 e. The summed E-state index contributed by atoms with van der Waals surface area (Å²) in [7, 11) is 0. The molecule has 2 aliphatic heterocycles. The normalized spacial score (nSPS) is 24.5. The Morgan fingerprint density at radius 1 is 1.19 bits per heavy atom. The Hall–Kier alpha value is -2.08. The van der Waals surface area contributed by atoms with Crippen LogP contribution in [0.25, 0.3) is 0 Å². The van der Waals surface area contributed by atoms with Gasteiger partial charge in [0.15, 0.2) is 5.78 Å². The van der Waals surface area contributed by atoms with E-state index >= 15 is 0 Å². The number of amides is 1. The average molecular weight is 357 g/mol. The summed E-state index contributed by atoms with van der Waals surface area (Å²) < 4.78 is 0. The van der Waals surface area contributed by atoms with Crippen molar-refractivity contribution in [2.24, 2.45) is 5.92 Å². The maximum Gasteiger partial charge on any atom is 0.412 e. The minimum atomic E-state index is -1.06. The summed E-state index contributed by atoms with van der Waals surface area (Å²) >= 11 is 0. The molecule has 1 aromatic carbocycles. The summed E-state index contributed by atoms with van der Waals surface area (Å²) in [6.45, 7) is 2.81. The fraction of sp³-hybridized carbons (Fsp3) is 0.600. The molecule has 2 heterocycles. The summed E-state index contributed by atoms with van der Waals surface area (Å²) in [6.07, 6.45) is 5.92. The number of fused-ring (bicyclic) bond motifs is 1. The molecule has 0 aromatic heterocycles. The second-order valence-corrected chi connectivity index (χ2v) is 7.80. The van der Waals surface area contributed by atoms with Crippen molar-refractivity contribution in [3.8, 4) is 0 Å². The molecule has 1 unspecified atom stereocenters. The molecule has 1 amide bonds. The Morgan fingerprint density at radius 2 is 2.00 bits per heavy atom. The van der Waals surface area contributed by atoms with Gasteiger partial charge < -0.3 is 15.3 Å². The molecule has 1 aromatic rings. The molecule has 1 saturated heterocycles. The van der Waals surface area contributed by atoms with Crippen LogP contribution in [0.1, 0.15) is 37.7 Å². The third-order valence-corrected chi connectivity index (χ3v) is 6.10. The first-order valence-electron chi connectivity index (χ1n) is 9.75. The maximum atomic E-state index is 11.8. The number of ketones is 1. The Bertz CT molecular complexity index is 700. The molecule has 3 aliphatic rings. The monoisotopic (exact) mass is 357 g/mol. The Kier molecular flexibility index (Phi) is 4.85. The lowest BCUT2D eigenvalue weighted by Crippen LogP contribution is -2.54. The lowest BCUT2D eigenvalue weighted by molar-refractivity contribution is -0.117. The number of anilines is 2. The number of rotatable bonds is 2. The fourth-order valence-electron chi connectivity index (χ4n) is 4.72. The van der Waals surface area contributed by atoms with Gasteiger partial charge in [-0.05, 0) is 36.5 Å². The van der Waals surface area contributed by atoms with Gasteiger partial charge in [-0.3, -0.25) is 9.69 Å². The van der Waals surface area contributed by atoms with E-state index in [1.54, 1.807) is 0 Å². The first kappa shape index (κ1) is 17.3. The van der Waals surface area contributed by atoms with Gasteiger partial charge in [-0.25, -0.2) is 4.79 Å². The molecule has 2 N–H and O–H groups in total. The summed E-state index contributed by atoms with van der Waals surface area (Å²) in [5.74, 6) is 0.699. The Labute approximate surface area is 154 Å². The van der Waals surface area contributed by atoms with Gasteiger partial charge in [0.05, 0.1) is 12.2 Å². The Balaban J connectivity index is 1.55. The third-order valence-electron chi connectivity index (χ3n) is 6.10. The van der Waals surface area contributed by atoms with E-state index in [2.05, 4.69) is 10.2 Å². The fourth-order valence-corrected chi connectivity index (χ4v) is 4.72. The van der Waals surface area contributed by atoms with Crippen LogP contribution in [0.3, 0.4) is 0 Å². The molecular formula is C20H27N3O3. The number of nitrogens with zero attached hydrogens (tertiary/aromatic N) is 2. The van der Waals surface area contributed by atoms with E-state index in [9.17, 15) is 14.7 Å². The number of carbonyl (C=O) groups excluding carboxylic acids is 1. The molecule has 1 aliphatic carbocycles. The average Bonchev–Trinajstić information content (AvgIpc) is 2.67. The van der Waals surface area contributed by atoms with Crippen LogP contribution in [0.4, 0.5) is 16.2 Å². The number of carboxylic acid groups (broad SMARTS) is 1. The van der Waals surface area contributed by atoms with Gasteiger partial charge in [0.25, 0.3) is 0 Å². The van der Waals surface area contributed by atoms with Gasteiger partial charge in [0.2, 0.25) is 0 Å². The van der Waals surface area contributed by atoms with E-state index in [-0.39, 0.29) is 12.3 Å². The number of nitrogens with one attached hydrogen (secondary N) is 1. The smallest absolute Gasteiger partial charge is 0.412 e. The van der Waals surface area contributed by atoms with E-state index in [1.807, 2.05) is 18.2 Å². The molecule has 2 fully saturated rings. The van der Waals surface area contributed by atoms with Crippen LogP contribution in [0.2, 0.25) is 0 Å². The summed E-state index contributed by atoms with van der Waals surface area (Å²) in [4.78, 5) is 26.9. The number of Topliss-reactive ketones (excluding diaryl/α,β-unsaturated/α-hetero) is 1. The van der Waals surface area contributed by atoms with Gasteiger partial charge in [0, 0.05) is 37.8 Å². The van der Waals surface area contributed by atoms with Crippen LogP contribution in [0.5, 0.6) is 0 Å². The van der Waals surface area contributed by atoms with Gasteiger partial charge in [-0.2, -0.15) is 0 Å². The minimum Gasteiger partial charge on any atom is -0.465 e. The zero-order valence-electron chi connectivity index (χ0n) is 15.1. The van der Waals surface area contributed by atoms with Gasteiger partial charge in [-0.15, -0.1) is 0 Å². The van der Waals surface area contributed by atoms with Crippen molar-refractivity contribution in [1.82, 2.24) is 5.32 Å². The predicted molar refractivity (Wildman–Crippen MR) is 101 cm³/mol. The van der Waals surface area contributed by atoms with Gasteiger partial charge in [0.1, 0.15) is 0 Å². The molecular weight excluding hydrogens is 330 g/mol. The van der Waals surface area contributed by atoms with E-state index in [1.165, 1.54) is 37.0 Å². The molecule has 26 heavy (non-hydrogen) atoms. The maximum absolute atomic E-state index is 11.8. The van der Waals surface area contributed by atoms with Crippen molar-refractivity contribution in [3.63, 3.8) is 0 Å². The highest BCUT2D eigenvalue weighted by atomic mass is 16.4. The topological polar surface area (TPSA) is 72.9 Å². The second kappa shape index (κ2) is 7.27. The summed E-state index contributed by atoms with van der Waals surface area (Å²) in [5, 5.41) is 13.2. The lowest BCUT2D eigenvalue weighted by atomic mass is 9.83. The van der Waals surface area contributed by atoms with E-state index in [0.717, 1.165) is 36.8 Å². The highest BCUT2D eigenvalue weighted by Crippen LogP contribution is 2.33. The minimum absolute atomic E-state index is 0.0436. The molecule has 1 saturated carbocycles. The van der Waals surface area contributed by atoms with Crippen LogP contribution in [0.15, 0.2) is 18.2 Å². The third kappa shape index (κ3) is 3.43. The molecule has 4 rings (SSSR count).